The molecule has 1 saturated heterocycles. The summed E-state index contributed by atoms with van der Waals surface area (Å²) in [6, 6.07) is 5.79. The molecule has 1 fully saturated rings. The number of rotatable bonds is 2. The second-order valence-electron chi connectivity index (χ2n) is 5.07. The Morgan fingerprint density at radius 3 is 2.74 bits per heavy atom. The summed E-state index contributed by atoms with van der Waals surface area (Å²) in [7, 11) is 0. The van der Waals surface area contributed by atoms with Crippen LogP contribution in [0.4, 0.5) is 11.4 Å². The molecule has 2 aliphatic rings. The van der Waals surface area contributed by atoms with E-state index in [1.807, 2.05) is 23.2 Å². The van der Waals surface area contributed by atoms with Crippen molar-refractivity contribution >= 4 is 17.3 Å². The minimum Gasteiger partial charge on any atom is -0.382 e. The van der Waals surface area contributed by atoms with Gasteiger partial charge in [0.2, 0.25) is 0 Å². The molecule has 1 aromatic rings. The monoisotopic (exact) mass is 260 g/mol. The fourth-order valence-electron chi connectivity index (χ4n) is 2.67. The number of hydrogen-bond donors (Lipinski definition) is 3. The van der Waals surface area contributed by atoms with Gasteiger partial charge in [-0.15, -0.1) is 0 Å². The summed E-state index contributed by atoms with van der Waals surface area (Å²) in [6.45, 7) is 3.64. The van der Waals surface area contributed by atoms with Gasteiger partial charge < -0.3 is 10.6 Å². The maximum absolute atomic E-state index is 12.4. The van der Waals surface area contributed by atoms with Crippen LogP contribution in [-0.4, -0.2) is 37.1 Å². The zero-order valence-electron chi connectivity index (χ0n) is 11.0. The van der Waals surface area contributed by atoms with Gasteiger partial charge in [0.15, 0.2) is 0 Å². The van der Waals surface area contributed by atoms with E-state index < -0.39 is 0 Å². The van der Waals surface area contributed by atoms with E-state index in [1.165, 1.54) is 6.42 Å². The summed E-state index contributed by atoms with van der Waals surface area (Å²) in [4.78, 5) is 12.4. The van der Waals surface area contributed by atoms with Gasteiger partial charge in [-0.1, -0.05) is 12.5 Å². The van der Waals surface area contributed by atoms with Crippen molar-refractivity contribution in [3.8, 4) is 0 Å². The Bertz CT molecular complexity index is 469. The zero-order chi connectivity index (χ0) is 13.1. The largest absolute Gasteiger partial charge is 0.382 e. The summed E-state index contributed by atoms with van der Waals surface area (Å²) in [5.74, 6) is -0.0186. The number of nitrogens with zero attached hydrogens (tertiary/aromatic N) is 1. The van der Waals surface area contributed by atoms with Crippen molar-refractivity contribution in [3.05, 3.63) is 23.8 Å². The van der Waals surface area contributed by atoms with E-state index in [1.54, 1.807) is 0 Å². The Morgan fingerprint density at radius 1 is 1.11 bits per heavy atom. The van der Waals surface area contributed by atoms with E-state index in [9.17, 15) is 4.79 Å². The second kappa shape index (κ2) is 5.48. The number of benzene rings is 1. The van der Waals surface area contributed by atoms with E-state index in [-0.39, 0.29) is 5.91 Å². The molecule has 5 heteroatoms. The molecule has 0 bridgehead atoms. The average Bonchev–Trinajstić information content (AvgIpc) is 2.47. The Labute approximate surface area is 113 Å². The van der Waals surface area contributed by atoms with E-state index in [0.717, 1.165) is 56.0 Å². The normalized spacial score (nSPS) is 18.9. The minimum atomic E-state index is -0.0186. The molecule has 19 heavy (non-hydrogen) atoms. The van der Waals surface area contributed by atoms with Crippen LogP contribution in [0.1, 0.15) is 29.6 Å². The first-order valence-electron chi connectivity index (χ1n) is 7.01. The highest BCUT2D eigenvalue weighted by Gasteiger charge is 2.19. The Balaban J connectivity index is 1.75. The molecule has 0 saturated carbocycles. The van der Waals surface area contributed by atoms with Gasteiger partial charge >= 0.3 is 0 Å². The molecule has 0 spiro atoms. The minimum absolute atomic E-state index is 0.0186. The van der Waals surface area contributed by atoms with Gasteiger partial charge in [0, 0.05) is 26.2 Å². The van der Waals surface area contributed by atoms with Crippen LogP contribution in [0.3, 0.4) is 0 Å². The first kappa shape index (κ1) is 12.3. The van der Waals surface area contributed by atoms with Gasteiger partial charge in [0.05, 0.1) is 16.9 Å². The van der Waals surface area contributed by atoms with Crippen molar-refractivity contribution < 1.29 is 4.79 Å². The highest BCUT2D eigenvalue weighted by molar-refractivity contribution is 6.02. The summed E-state index contributed by atoms with van der Waals surface area (Å²) in [5, 5.41) is 8.64. The predicted molar refractivity (Wildman–Crippen MR) is 76.3 cm³/mol. The molecule has 3 N–H and O–H groups in total. The highest BCUT2D eigenvalue weighted by atomic mass is 16.2. The SMILES string of the molecule is O=C(NN1CCCCC1)c1cccc2c1NCCN2. The second-order valence-corrected chi connectivity index (χ2v) is 5.07. The number of nitrogens with one attached hydrogen (secondary N) is 3. The van der Waals surface area contributed by atoms with Crippen molar-refractivity contribution in [1.29, 1.82) is 0 Å². The van der Waals surface area contributed by atoms with Crippen LogP contribution in [0, 0.1) is 0 Å². The Morgan fingerprint density at radius 2 is 1.89 bits per heavy atom. The molecule has 0 aliphatic carbocycles. The number of amides is 1. The maximum atomic E-state index is 12.4. The highest BCUT2D eigenvalue weighted by Crippen LogP contribution is 2.28. The molecule has 0 aromatic heterocycles. The van der Waals surface area contributed by atoms with Gasteiger partial charge in [0.1, 0.15) is 0 Å². The van der Waals surface area contributed by atoms with E-state index >= 15 is 0 Å². The van der Waals surface area contributed by atoms with Crippen LogP contribution in [0.2, 0.25) is 0 Å². The predicted octanol–water partition coefficient (Wildman–Crippen LogP) is 1.65. The first-order valence-corrected chi connectivity index (χ1v) is 7.01. The smallest absolute Gasteiger partial charge is 0.267 e. The lowest BCUT2D eigenvalue weighted by Gasteiger charge is -2.28. The number of hydrogen-bond acceptors (Lipinski definition) is 4. The molecule has 102 valence electrons. The first-order chi connectivity index (χ1) is 9.34. The van der Waals surface area contributed by atoms with Crippen molar-refractivity contribution in [3.63, 3.8) is 0 Å². The molecule has 0 atom stereocenters. The van der Waals surface area contributed by atoms with Crippen molar-refractivity contribution in [1.82, 2.24) is 10.4 Å². The Kier molecular flexibility index (Phi) is 3.55. The third-order valence-corrected chi connectivity index (χ3v) is 3.67. The number of carbonyl (C=O) groups excluding carboxylic acids is 1. The molecular formula is C14H20N4O. The number of hydrazine groups is 1. The molecule has 2 heterocycles. The van der Waals surface area contributed by atoms with Crippen LogP contribution < -0.4 is 16.1 Å². The summed E-state index contributed by atoms with van der Waals surface area (Å²) >= 11 is 0. The molecule has 0 radical (unpaired) electrons. The van der Waals surface area contributed by atoms with E-state index in [2.05, 4.69) is 16.1 Å². The van der Waals surface area contributed by atoms with Crippen LogP contribution in [-0.2, 0) is 0 Å². The molecular weight excluding hydrogens is 240 g/mol. The Hall–Kier alpha value is -1.75. The lowest BCUT2D eigenvalue weighted by molar-refractivity contribution is 0.0751. The molecule has 1 amide bonds. The average molecular weight is 260 g/mol. The third-order valence-electron chi connectivity index (χ3n) is 3.67. The number of carbonyl (C=O) groups is 1. The van der Waals surface area contributed by atoms with Crippen LogP contribution >= 0.6 is 0 Å². The van der Waals surface area contributed by atoms with E-state index in [0.29, 0.717) is 0 Å². The van der Waals surface area contributed by atoms with Gasteiger partial charge in [-0.2, -0.15) is 0 Å². The maximum Gasteiger partial charge on any atom is 0.267 e. The van der Waals surface area contributed by atoms with Crippen LogP contribution in [0.5, 0.6) is 0 Å². The van der Waals surface area contributed by atoms with Gasteiger partial charge in [-0.25, -0.2) is 5.01 Å². The summed E-state index contributed by atoms with van der Waals surface area (Å²) in [5.41, 5.74) is 5.66. The summed E-state index contributed by atoms with van der Waals surface area (Å²) in [6.07, 6.45) is 3.58. The molecule has 2 aliphatic heterocycles. The molecule has 5 nitrogen and oxygen atoms in total. The fraction of sp³-hybridized carbons (Fsp3) is 0.500. The lowest BCUT2D eigenvalue weighted by atomic mass is 10.1. The number of piperidine rings is 1. The van der Waals surface area contributed by atoms with Crippen LogP contribution in [0.25, 0.3) is 0 Å². The summed E-state index contributed by atoms with van der Waals surface area (Å²) < 4.78 is 0. The van der Waals surface area contributed by atoms with Gasteiger partial charge in [0.25, 0.3) is 5.91 Å². The number of fused-ring (bicyclic) bond motifs is 1. The van der Waals surface area contributed by atoms with E-state index in [4.69, 9.17) is 0 Å². The third kappa shape index (κ3) is 2.66. The van der Waals surface area contributed by atoms with Crippen molar-refractivity contribution in [2.75, 3.05) is 36.8 Å². The zero-order valence-corrected chi connectivity index (χ0v) is 11.0. The quantitative estimate of drug-likeness (QED) is 0.757. The molecule has 1 aromatic carbocycles. The van der Waals surface area contributed by atoms with Crippen LogP contribution in [0.15, 0.2) is 18.2 Å². The standard InChI is InChI=1S/C14H20N4O/c19-14(17-18-9-2-1-3-10-18)11-5-4-6-12-13(11)16-8-7-15-12/h4-6,15-16H,1-3,7-10H2,(H,17,19). The topological polar surface area (TPSA) is 56.4 Å². The molecule has 3 rings (SSSR count). The molecule has 0 unspecified atom stereocenters. The van der Waals surface area contributed by atoms with Gasteiger partial charge in [-0.05, 0) is 25.0 Å². The van der Waals surface area contributed by atoms with Crippen molar-refractivity contribution in [2.24, 2.45) is 0 Å². The number of anilines is 2. The number of para-hydroxylation sites is 1. The van der Waals surface area contributed by atoms with Gasteiger partial charge in [-0.3, -0.25) is 10.2 Å². The lowest BCUT2D eigenvalue weighted by Crippen LogP contribution is -2.45. The van der Waals surface area contributed by atoms with Crippen molar-refractivity contribution in [2.45, 2.75) is 19.3 Å². The fourth-order valence-corrected chi connectivity index (χ4v) is 2.67.